The number of carbonyl (C=O) groups is 2. The second kappa shape index (κ2) is 25.6. The molecule has 5 saturated heterocycles. The molecule has 376 valence electrons. The van der Waals surface area contributed by atoms with E-state index in [-0.39, 0.29) is 18.1 Å². The van der Waals surface area contributed by atoms with Gasteiger partial charge in [0.25, 0.3) is 0 Å². The lowest BCUT2D eigenvalue weighted by Gasteiger charge is -2.50. The van der Waals surface area contributed by atoms with Crippen molar-refractivity contribution in [2.45, 2.75) is 254 Å². The Hall–Kier alpha value is -1.96. The maximum atomic E-state index is 13.8. The second-order valence-electron chi connectivity index (χ2n) is 18.2. The summed E-state index contributed by atoms with van der Waals surface area (Å²) in [6.07, 6.45) is -19.6. The monoisotopic (exact) mass is 936 g/mol. The highest BCUT2D eigenvalue weighted by molar-refractivity contribution is 5.87. The summed E-state index contributed by atoms with van der Waals surface area (Å²) in [5.74, 6) is -1.58. The van der Waals surface area contributed by atoms with Crippen molar-refractivity contribution in [2.24, 2.45) is 0 Å². The third kappa shape index (κ3) is 13.9. The van der Waals surface area contributed by atoms with Crippen LogP contribution in [0.3, 0.4) is 0 Å². The van der Waals surface area contributed by atoms with Gasteiger partial charge in [-0.3, -0.25) is 4.79 Å². The quantitative estimate of drug-likeness (QED) is 0.0905. The van der Waals surface area contributed by atoms with Gasteiger partial charge in [-0.15, -0.1) is 0 Å². The molecule has 0 aromatic rings. The van der Waals surface area contributed by atoms with E-state index in [4.69, 9.17) is 47.4 Å². The Bertz CT molecular complexity index is 1490. The van der Waals surface area contributed by atoms with E-state index in [0.29, 0.717) is 19.3 Å². The van der Waals surface area contributed by atoms with Crippen LogP contribution < -0.4 is 0 Å². The van der Waals surface area contributed by atoms with Gasteiger partial charge in [-0.2, -0.15) is 0 Å². The van der Waals surface area contributed by atoms with Gasteiger partial charge >= 0.3 is 11.9 Å². The maximum Gasteiger partial charge on any atom is 0.333 e. The van der Waals surface area contributed by atoms with E-state index in [0.717, 1.165) is 57.8 Å². The number of aliphatic hydroxyl groups excluding tert-OH is 8. The molecule has 0 aromatic carbocycles. The number of hydrogen-bond acceptors (Lipinski definition) is 20. The molecule has 8 N–H and O–H groups in total. The molecule has 21 atom stereocenters. The summed E-state index contributed by atoms with van der Waals surface area (Å²) >= 11 is 0. The molecule has 20 heteroatoms. The molecule has 0 spiro atoms. The van der Waals surface area contributed by atoms with Gasteiger partial charge in [-0.1, -0.05) is 70.8 Å². The van der Waals surface area contributed by atoms with Gasteiger partial charge < -0.3 is 88.2 Å². The van der Waals surface area contributed by atoms with E-state index in [1.165, 1.54) is 26.8 Å². The molecular formula is C45H76O20. The first kappa shape index (κ1) is 54.0. The van der Waals surface area contributed by atoms with E-state index in [1.807, 2.05) is 0 Å². The van der Waals surface area contributed by atoms with Crippen LogP contribution in [0, 0.1) is 0 Å². The first-order chi connectivity index (χ1) is 31.0. The lowest BCUT2D eigenvalue weighted by molar-refractivity contribution is -0.398. The van der Waals surface area contributed by atoms with E-state index in [9.17, 15) is 50.4 Å². The highest BCUT2D eigenvalue weighted by Gasteiger charge is 2.57. The zero-order valence-corrected chi connectivity index (χ0v) is 38.6. The molecule has 5 rings (SSSR count). The van der Waals surface area contributed by atoms with Crippen LogP contribution in [0.4, 0.5) is 0 Å². The highest BCUT2D eigenvalue weighted by Crippen LogP contribution is 2.37. The Morgan fingerprint density at radius 2 is 1.23 bits per heavy atom. The SMILES string of the molecule is C/C=C(/C)C(=O)O[C@H]1[C@@H]2O[C@H]3[C@H](O[C@H]4[C@@H](O[C@@H](CCCCC)CCCCCCCCCC(=O)O[C@@H]1[C@H](O[C@H]1O[C@H](C)[C@H](O)[C@@H](O)[C@H]1O)[C@@H](C)O2)O[C@H](C)[C@H](O)[C@H]4O)O[C@H](CO)[C@H](O)[C@H]3O. The van der Waals surface area contributed by atoms with Crippen molar-refractivity contribution >= 4 is 11.9 Å². The van der Waals surface area contributed by atoms with Crippen LogP contribution in [0.25, 0.3) is 0 Å². The Morgan fingerprint density at radius 1 is 0.646 bits per heavy atom. The van der Waals surface area contributed by atoms with Crippen molar-refractivity contribution in [2.75, 3.05) is 6.61 Å². The van der Waals surface area contributed by atoms with Crippen LogP contribution in [0.1, 0.15) is 125 Å². The minimum Gasteiger partial charge on any atom is -0.455 e. The molecule has 0 aliphatic carbocycles. The van der Waals surface area contributed by atoms with Crippen molar-refractivity contribution in [3.8, 4) is 0 Å². The molecule has 0 saturated carbocycles. The predicted molar refractivity (Wildman–Crippen MR) is 225 cm³/mol. The fraction of sp³-hybridized carbons (Fsp3) is 0.911. The fourth-order valence-corrected chi connectivity index (χ4v) is 8.85. The van der Waals surface area contributed by atoms with Gasteiger partial charge in [-0.05, 0) is 53.9 Å². The number of carbonyl (C=O) groups excluding carboxylic acids is 2. The average molecular weight is 937 g/mol. The standard InChI is InChI=1S/C45H76O20/c1-7-9-15-18-26-19-16-13-11-10-12-14-17-20-28(47)61-39-36(63-42-35(54)32(51)29(48)23(4)56-42)25(6)58-45(40(39)62-41(55)22(3)8-2)65-38-34(53)31(50)27(21-46)60-44(38)64-37-33(52)30(49)24(5)57-43(37)59-26/h8,23-27,29-40,42-46,48-54H,7,9-21H2,1-6H3/b22-8-/t23-,24-,25-,26+,27-,29+,30+,31+,32-,33-,34-,35-,36-,37-,38-,39-,40-,42-,43-,44+,45+/m1/s1. The summed E-state index contributed by atoms with van der Waals surface area (Å²) in [4.78, 5) is 27.4. The zero-order valence-electron chi connectivity index (χ0n) is 38.6. The molecule has 0 aromatic heterocycles. The van der Waals surface area contributed by atoms with Crippen molar-refractivity contribution in [1.82, 2.24) is 0 Å². The van der Waals surface area contributed by atoms with Gasteiger partial charge in [0.15, 0.2) is 37.4 Å². The zero-order chi connectivity index (χ0) is 47.5. The third-order valence-corrected chi connectivity index (χ3v) is 13.1. The van der Waals surface area contributed by atoms with Crippen molar-refractivity contribution < 1.29 is 97.8 Å². The average Bonchev–Trinajstić information content (AvgIpc) is 3.28. The number of unbranched alkanes of at least 4 members (excludes halogenated alkanes) is 2. The summed E-state index contributed by atoms with van der Waals surface area (Å²) in [5.41, 5.74) is 0.136. The predicted octanol–water partition coefficient (Wildman–Crippen LogP) is 0.900. The second-order valence-corrected chi connectivity index (χ2v) is 18.2. The van der Waals surface area contributed by atoms with Crippen molar-refractivity contribution in [3.63, 3.8) is 0 Å². The maximum absolute atomic E-state index is 13.8. The number of fused-ring (bicyclic) bond motifs is 4. The molecule has 5 aliphatic heterocycles. The van der Waals surface area contributed by atoms with Gasteiger partial charge in [-0.25, -0.2) is 4.79 Å². The molecule has 20 nitrogen and oxygen atoms in total. The molecule has 2 bridgehead atoms. The minimum atomic E-state index is -1.91. The van der Waals surface area contributed by atoms with Gasteiger partial charge in [0.05, 0.1) is 31.0 Å². The first-order valence-corrected chi connectivity index (χ1v) is 23.6. The summed E-state index contributed by atoms with van der Waals surface area (Å²) in [5, 5.41) is 87.8. The summed E-state index contributed by atoms with van der Waals surface area (Å²) in [6, 6.07) is 0. The Kier molecular flexibility index (Phi) is 21.3. The Morgan fingerprint density at radius 3 is 1.89 bits per heavy atom. The van der Waals surface area contributed by atoms with Crippen LogP contribution in [-0.4, -0.2) is 188 Å². The first-order valence-electron chi connectivity index (χ1n) is 23.6. The number of allylic oxidation sites excluding steroid dienone is 1. The van der Waals surface area contributed by atoms with E-state index in [2.05, 4.69) is 6.92 Å². The van der Waals surface area contributed by atoms with Crippen LogP contribution >= 0.6 is 0 Å². The van der Waals surface area contributed by atoms with Crippen LogP contribution in [0.5, 0.6) is 0 Å². The summed E-state index contributed by atoms with van der Waals surface area (Å²) in [6.45, 7) is 8.93. The number of esters is 2. The number of ether oxygens (including phenoxy) is 10. The third-order valence-electron chi connectivity index (χ3n) is 13.1. The molecule has 0 unspecified atom stereocenters. The minimum absolute atomic E-state index is 0.0307. The molecule has 5 fully saturated rings. The molecular weight excluding hydrogens is 860 g/mol. The van der Waals surface area contributed by atoms with Gasteiger partial charge in [0.1, 0.15) is 67.1 Å². The van der Waals surface area contributed by atoms with E-state index < -0.39 is 141 Å². The van der Waals surface area contributed by atoms with Gasteiger partial charge in [0.2, 0.25) is 0 Å². The Balaban J connectivity index is 1.56. The summed E-state index contributed by atoms with van der Waals surface area (Å²) < 4.78 is 61.9. The lowest BCUT2D eigenvalue weighted by atomic mass is 9.95. The van der Waals surface area contributed by atoms with Crippen molar-refractivity contribution in [1.29, 1.82) is 0 Å². The van der Waals surface area contributed by atoms with Crippen LogP contribution in [0.15, 0.2) is 11.6 Å². The van der Waals surface area contributed by atoms with Crippen molar-refractivity contribution in [3.05, 3.63) is 11.6 Å². The normalized spacial score (nSPS) is 44.6. The van der Waals surface area contributed by atoms with Gasteiger partial charge in [0, 0.05) is 12.0 Å². The number of rotatable bonds is 9. The topological polar surface area (TPSA) is 288 Å². The Labute approximate surface area is 381 Å². The molecule has 65 heavy (non-hydrogen) atoms. The van der Waals surface area contributed by atoms with E-state index >= 15 is 0 Å². The molecule has 0 radical (unpaired) electrons. The number of aliphatic hydroxyl groups is 8. The highest BCUT2D eigenvalue weighted by atomic mass is 16.8. The fourth-order valence-electron chi connectivity index (χ4n) is 8.85. The van der Waals surface area contributed by atoms with E-state index in [1.54, 1.807) is 13.8 Å². The molecule has 0 amide bonds. The smallest absolute Gasteiger partial charge is 0.333 e. The lowest BCUT2D eigenvalue weighted by Crippen LogP contribution is -2.67. The number of hydrogen-bond donors (Lipinski definition) is 8. The summed E-state index contributed by atoms with van der Waals surface area (Å²) in [7, 11) is 0. The van der Waals surface area contributed by atoms with Crippen LogP contribution in [-0.2, 0) is 57.0 Å². The van der Waals surface area contributed by atoms with Crippen LogP contribution in [0.2, 0.25) is 0 Å². The largest absolute Gasteiger partial charge is 0.455 e. The molecule has 5 heterocycles. The molecule has 5 aliphatic rings.